The normalized spacial score (nSPS) is 10.9. The van der Waals surface area contributed by atoms with Crippen molar-refractivity contribution in [3.05, 3.63) is 98.6 Å². The van der Waals surface area contributed by atoms with Crippen LogP contribution in [0.5, 0.6) is 0 Å². The number of aromatic nitrogens is 3. The summed E-state index contributed by atoms with van der Waals surface area (Å²) in [5.74, 6) is -0.877. The van der Waals surface area contributed by atoms with Gasteiger partial charge in [0.15, 0.2) is 5.65 Å². The molecular weight excluding hydrogens is 387 g/mol. The number of anilines is 1. The zero-order valence-electron chi connectivity index (χ0n) is 16.2. The molecule has 0 aliphatic carbocycles. The van der Waals surface area contributed by atoms with Gasteiger partial charge < -0.3 is 5.32 Å². The molecule has 0 fully saturated rings. The second-order valence-corrected chi connectivity index (χ2v) is 6.83. The van der Waals surface area contributed by atoms with Crippen molar-refractivity contribution in [3.63, 3.8) is 0 Å². The van der Waals surface area contributed by atoms with Gasteiger partial charge in [-0.1, -0.05) is 18.2 Å². The van der Waals surface area contributed by atoms with Crippen LogP contribution in [0.4, 0.5) is 10.1 Å². The van der Waals surface area contributed by atoms with Crippen LogP contribution in [0.15, 0.2) is 70.4 Å². The van der Waals surface area contributed by atoms with Gasteiger partial charge in [0.1, 0.15) is 5.82 Å². The highest BCUT2D eigenvalue weighted by atomic mass is 19.1. The molecule has 2 heterocycles. The van der Waals surface area contributed by atoms with Crippen molar-refractivity contribution >= 4 is 22.6 Å². The van der Waals surface area contributed by atoms with E-state index in [4.69, 9.17) is 0 Å². The van der Waals surface area contributed by atoms with E-state index < -0.39 is 17.2 Å². The summed E-state index contributed by atoms with van der Waals surface area (Å²) in [5, 5.41) is 2.79. The second-order valence-electron chi connectivity index (χ2n) is 6.83. The Bertz CT molecular complexity index is 1410. The molecule has 150 valence electrons. The van der Waals surface area contributed by atoms with E-state index >= 15 is 0 Å². The monoisotopic (exact) mass is 404 g/mol. The van der Waals surface area contributed by atoms with Crippen LogP contribution in [0.1, 0.15) is 15.9 Å². The highest BCUT2D eigenvalue weighted by Crippen LogP contribution is 2.17. The largest absolute Gasteiger partial charge is 0.337 e. The van der Waals surface area contributed by atoms with Crippen molar-refractivity contribution in [2.24, 2.45) is 7.05 Å². The first-order valence-corrected chi connectivity index (χ1v) is 9.11. The first-order chi connectivity index (χ1) is 14.4. The Hall–Kier alpha value is -4.07. The van der Waals surface area contributed by atoms with Crippen LogP contribution >= 0.6 is 0 Å². The zero-order valence-corrected chi connectivity index (χ0v) is 16.2. The fraction of sp³-hybridized carbons (Fsp3) is 0.0909. The third-order valence-electron chi connectivity index (χ3n) is 4.78. The Kier molecular flexibility index (Phi) is 4.75. The Morgan fingerprint density at radius 1 is 1.07 bits per heavy atom. The van der Waals surface area contributed by atoms with Gasteiger partial charge in [-0.3, -0.25) is 14.2 Å². The molecule has 30 heavy (non-hydrogen) atoms. The lowest BCUT2D eigenvalue weighted by molar-refractivity contribution is 0.102. The van der Waals surface area contributed by atoms with Crippen LogP contribution in [0.3, 0.4) is 0 Å². The van der Waals surface area contributed by atoms with Crippen LogP contribution in [-0.4, -0.2) is 20.0 Å². The molecule has 0 saturated heterocycles. The van der Waals surface area contributed by atoms with Gasteiger partial charge >= 0.3 is 5.69 Å². The molecule has 0 aliphatic rings. The molecule has 1 N–H and O–H groups in total. The van der Waals surface area contributed by atoms with Crippen molar-refractivity contribution < 1.29 is 9.18 Å². The summed E-state index contributed by atoms with van der Waals surface area (Å²) in [6.07, 6.45) is 1.30. The molecule has 4 rings (SSSR count). The maximum Gasteiger partial charge on any atom is 0.337 e. The van der Waals surface area contributed by atoms with Crippen molar-refractivity contribution in [1.29, 1.82) is 0 Å². The Morgan fingerprint density at radius 3 is 2.50 bits per heavy atom. The molecule has 4 aromatic rings. The third-order valence-corrected chi connectivity index (χ3v) is 4.78. The highest BCUT2D eigenvalue weighted by Gasteiger charge is 2.16. The second kappa shape index (κ2) is 7.40. The van der Waals surface area contributed by atoms with E-state index in [1.54, 1.807) is 31.2 Å². The summed E-state index contributed by atoms with van der Waals surface area (Å²) in [6, 6.07) is 14.4. The number of pyridine rings is 1. The van der Waals surface area contributed by atoms with Crippen LogP contribution in [0, 0.1) is 12.7 Å². The summed E-state index contributed by atoms with van der Waals surface area (Å²) in [6.45, 7) is 1.59. The molecule has 0 bridgehead atoms. The lowest BCUT2D eigenvalue weighted by Gasteiger charge is -2.12. The number of hydrogen-bond donors (Lipinski definition) is 1. The average Bonchev–Trinajstić information content (AvgIpc) is 2.75. The lowest BCUT2D eigenvalue weighted by Crippen LogP contribution is -2.38. The molecule has 0 unspecified atom stereocenters. The fourth-order valence-corrected chi connectivity index (χ4v) is 3.16. The maximum absolute atomic E-state index is 13.4. The number of amides is 1. The van der Waals surface area contributed by atoms with E-state index in [2.05, 4.69) is 10.3 Å². The number of benzene rings is 2. The molecule has 0 radical (unpaired) electrons. The number of rotatable bonds is 3. The number of halogens is 1. The SMILES string of the molecule is Cc1cc(NC(=O)c2cnc3c(c2)c(=O)n(C)c(=O)n3-c2ccccc2)ccc1F. The van der Waals surface area contributed by atoms with E-state index in [9.17, 15) is 18.8 Å². The molecule has 7 nitrogen and oxygen atoms in total. The summed E-state index contributed by atoms with van der Waals surface area (Å²) >= 11 is 0. The van der Waals surface area contributed by atoms with Gasteiger partial charge in [-0.2, -0.15) is 0 Å². The minimum Gasteiger partial charge on any atom is -0.322 e. The van der Waals surface area contributed by atoms with Crippen molar-refractivity contribution in [2.45, 2.75) is 6.92 Å². The number of fused-ring (bicyclic) bond motifs is 1. The summed E-state index contributed by atoms with van der Waals surface area (Å²) in [5.41, 5.74) is 0.566. The van der Waals surface area contributed by atoms with Crippen LogP contribution in [0.2, 0.25) is 0 Å². The van der Waals surface area contributed by atoms with Crippen LogP contribution in [0.25, 0.3) is 16.7 Å². The minimum absolute atomic E-state index is 0.129. The van der Waals surface area contributed by atoms with E-state index in [0.717, 1.165) is 4.57 Å². The van der Waals surface area contributed by atoms with Crippen molar-refractivity contribution in [3.8, 4) is 5.69 Å². The highest BCUT2D eigenvalue weighted by molar-refractivity contribution is 6.05. The molecule has 8 heteroatoms. The number of aryl methyl sites for hydroxylation is 1. The molecule has 2 aromatic carbocycles. The fourth-order valence-electron chi connectivity index (χ4n) is 3.16. The first kappa shape index (κ1) is 19.3. The number of nitrogens with zero attached hydrogens (tertiary/aromatic N) is 3. The standard InChI is InChI=1S/C22H17FN4O3/c1-13-10-15(8-9-18(13)23)25-20(28)14-11-17-19(24-12-14)27(16-6-4-3-5-7-16)22(30)26(2)21(17)29/h3-12H,1-2H3,(H,25,28). The van der Waals surface area contributed by atoms with Gasteiger partial charge in [0, 0.05) is 18.9 Å². The number of hydrogen-bond acceptors (Lipinski definition) is 4. The van der Waals surface area contributed by atoms with Gasteiger partial charge in [-0.15, -0.1) is 0 Å². The van der Waals surface area contributed by atoms with Crippen LogP contribution < -0.4 is 16.6 Å². The number of para-hydroxylation sites is 1. The number of carbonyl (C=O) groups excluding carboxylic acids is 1. The van der Waals surface area contributed by atoms with E-state index in [1.807, 2.05) is 6.07 Å². The number of carbonyl (C=O) groups is 1. The smallest absolute Gasteiger partial charge is 0.322 e. The first-order valence-electron chi connectivity index (χ1n) is 9.11. The zero-order chi connectivity index (χ0) is 21.4. The minimum atomic E-state index is -0.554. The predicted molar refractivity (Wildman–Crippen MR) is 112 cm³/mol. The third kappa shape index (κ3) is 3.28. The lowest BCUT2D eigenvalue weighted by atomic mass is 10.2. The van der Waals surface area contributed by atoms with E-state index in [1.165, 1.54) is 42.1 Å². The maximum atomic E-state index is 13.4. The predicted octanol–water partition coefficient (Wildman–Crippen LogP) is 2.78. The number of nitrogens with one attached hydrogen (secondary N) is 1. The van der Waals surface area contributed by atoms with E-state index in [0.29, 0.717) is 16.9 Å². The quantitative estimate of drug-likeness (QED) is 0.569. The van der Waals surface area contributed by atoms with Gasteiger partial charge in [0.2, 0.25) is 0 Å². The van der Waals surface area contributed by atoms with Gasteiger partial charge in [-0.05, 0) is 48.9 Å². The Labute approximate surface area is 170 Å². The van der Waals surface area contributed by atoms with Crippen molar-refractivity contribution in [2.75, 3.05) is 5.32 Å². The summed E-state index contributed by atoms with van der Waals surface area (Å²) in [7, 11) is 1.37. The van der Waals surface area contributed by atoms with Crippen LogP contribution in [-0.2, 0) is 7.05 Å². The molecule has 0 spiro atoms. The summed E-state index contributed by atoms with van der Waals surface area (Å²) < 4.78 is 15.7. The topological polar surface area (TPSA) is 86.0 Å². The van der Waals surface area contributed by atoms with E-state index in [-0.39, 0.29) is 22.4 Å². The van der Waals surface area contributed by atoms with Crippen molar-refractivity contribution in [1.82, 2.24) is 14.1 Å². The van der Waals surface area contributed by atoms with Gasteiger partial charge in [0.05, 0.1) is 16.6 Å². The average molecular weight is 404 g/mol. The van der Waals surface area contributed by atoms with Gasteiger partial charge in [0.25, 0.3) is 11.5 Å². The molecule has 2 aromatic heterocycles. The molecule has 0 atom stereocenters. The molecule has 0 aliphatic heterocycles. The Balaban J connectivity index is 1.83. The van der Waals surface area contributed by atoms with Gasteiger partial charge in [-0.25, -0.2) is 18.7 Å². The summed E-state index contributed by atoms with van der Waals surface area (Å²) in [4.78, 5) is 42.3. The molecular formula is C22H17FN4O3. The molecule has 0 saturated carbocycles. The molecule has 1 amide bonds. The Morgan fingerprint density at radius 2 is 1.80 bits per heavy atom.